The number of carbonyl (C=O) groups is 1. The maximum absolute atomic E-state index is 11.5. The first-order valence-corrected chi connectivity index (χ1v) is 5.12. The number of esters is 1. The van der Waals surface area contributed by atoms with E-state index in [0.29, 0.717) is 23.8 Å². The second kappa shape index (κ2) is 5.39. The van der Waals surface area contributed by atoms with Gasteiger partial charge in [0.15, 0.2) is 0 Å². The van der Waals surface area contributed by atoms with Crippen molar-refractivity contribution in [3.8, 4) is 0 Å². The lowest BCUT2D eigenvalue weighted by Crippen LogP contribution is -2.08. The highest BCUT2D eigenvalue weighted by atomic mass is 16.5. The molecule has 0 aliphatic heterocycles. The molecule has 0 spiro atoms. The summed E-state index contributed by atoms with van der Waals surface area (Å²) in [6.07, 6.45) is 0.883. The number of anilines is 1. The Morgan fingerprint density at radius 3 is 2.80 bits per heavy atom. The van der Waals surface area contributed by atoms with Crippen molar-refractivity contribution in [1.82, 2.24) is 0 Å². The monoisotopic (exact) mass is 207 g/mol. The Morgan fingerprint density at radius 2 is 2.20 bits per heavy atom. The number of carbonyl (C=O) groups excluding carboxylic acids is 1. The molecule has 0 fully saturated rings. The maximum Gasteiger partial charge on any atom is 0.338 e. The number of hydrogen-bond acceptors (Lipinski definition) is 3. The Morgan fingerprint density at radius 1 is 1.47 bits per heavy atom. The lowest BCUT2D eigenvalue weighted by Gasteiger charge is -2.06. The van der Waals surface area contributed by atoms with E-state index in [9.17, 15) is 4.79 Å². The molecule has 0 radical (unpaired) electrons. The number of rotatable bonds is 4. The lowest BCUT2D eigenvalue weighted by atomic mass is 10.1. The standard InChI is InChI=1S/C12H17NO2/c1-9(2)6-7-15-12(14)10-4-3-5-11(13)8-10/h3-5,8-9H,6-7,13H2,1-2H3. The van der Waals surface area contributed by atoms with Gasteiger partial charge in [0, 0.05) is 5.69 Å². The van der Waals surface area contributed by atoms with Gasteiger partial charge in [-0.3, -0.25) is 0 Å². The molecular formula is C12H17NO2. The molecule has 3 heteroatoms. The van der Waals surface area contributed by atoms with Crippen LogP contribution in [0.25, 0.3) is 0 Å². The third-order valence-electron chi connectivity index (χ3n) is 2.05. The minimum atomic E-state index is -0.303. The topological polar surface area (TPSA) is 52.3 Å². The number of nitrogens with two attached hydrogens (primary N) is 1. The highest BCUT2D eigenvalue weighted by Gasteiger charge is 2.06. The molecule has 0 amide bonds. The molecule has 1 rings (SSSR count). The summed E-state index contributed by atoms with van der Waals surface area (Å²) in [5.41, 5.74) is 6.66. The van der Waals surface area contributed by atoms with Crippen LogP contribution in [0.5, 0.6) is 0 Å². The molecule has 0 bridgehead atoms. The van der Waals surface area contributed by atoms with Crippen molar-refractivity contribution in [2.75, 3.05) is 12.3 Å². The van der Waals surface area contributed by atoms with E-state index in [-0.39, 0.29) is 5.97 Å². The van der Waals surface area contributed by atoms with Crippen LogP contribution in [0, 0.1) is 5.92 Å². The van der Waals surface area contributed by atoms with Crippen molar-refractivity contribution < 1.29 is 9.53 Å². The number of hydrogen-bond donors (Lipinski definition) is 1. The smallest absolute Gasteiger partial charge is 0.338 e. The van der Waals surface area contributed by atoms with Gasteiger partial charge in [-0.1, -0.05) is 19.9 Å². The van der Waals surface area contributed by atoms with Crippen LogP contribution in [-0.2, 0) is 4.74 Å². The molecule has 0 aliphatic carbocycles. The molecule has 0 aliphatic rings. The molecule has 3 nitrogen and oxygen atoms in total. The third-order valence-corrected chi connectivity index (χ3v) is 2.05. The summed E-state index contributed by atoms with van der Waals surface area (Å²) < 4.78 is 5.10. The molecule has 82 valence electrons. The highest BCUT2D eigenvalue weighted by molar-refractivity contribution is 5.90. The molecule has 15 heavy (non-hydrogen) atoms. The van der Waals surface area contributed by atoms with Gasteiger partial charge >= 0.3 is 5.97 Å². The Balaban J connectivity index is 2.47. The second-order valence-corrected chi connectivity index (χ2v) is 3.94. The fraction of sp³-hybridized carbons (Fsp3) is 0.417. The Labute approximate surface area is 90.2 Å². The zero-order valence-corrected chi connectivity index (χ0v) is 9.19. The minimum Gasteiger partial charge on any atom is -0.462 e. The van der Waals surface area contributed by atoms with E-state index in [1.165, 1.54) is 0 Å². The fourth-order valence-corrected chi connectivity index (χ4v) is 1.14. The van der Waals surface area contributed by atoms with Crippen LogP contribution >= 0.6 is 0 Å². The second-order valence-electron chi connectivity index (χ2n) is 3.94. The summed E-state index contributed by atoms with van der Waals surface area (Å²) in [6.45, 7) is 4.65. The molecule has 1 aromatic carbocycles. The van der Waals surface area contributed by atoms with Crippen LogP contribution in [0.2, 0.25) is 0 Å². The predicted octanol–water partition coefficient (Wildman–Crippen LogP) is 2.47. The van der Waals surface area contributed by atoms with Crippen molar-refractivity contribution in [3.05, 3.63) is 29.8 Å². The van der Waals surface area contributed by atoms with Crippen molar-refractivity contribution in [3.63, 3.8) is 0 Å². The molecular weight excluding hydrogens is 190 g/mol. The van der Waals surface area contributed by atoms with E-state index >= 15 is 0 Å². The van der Waals surface area contributed by atoms with E-state index in [1.54, 1.807) is 24.3 Å². The summed E-state index contributed by atoms with van der Waals surface area (Å²) in [7, 11) is 0. The van der Waals surface area contributed by atoms with Crippen LogP contribution in [0.4, 0.5) is 5.69 Å². The summed E-state index contributed by atoms with van der Waals surface area (Å²) in [5.74, 6) is 0.238. The quantitative estimate of drug-likeness (QED) is 0.609. The van der Waals surface area contributed by atoms with E-state index < -0.39 is 0 Å². The lowest BCUT2D eigenvalue weighted by molar-refractivity contribution is 0.0488. The first-order valence-electron chi connectivity index (χ1n) is 5.12. The van der Waals surface area contributed by atoms with E-state index in [2.05, 4.69) is 13.8 Å². The minimum absolute atomic E-state index is 0.303. The molecule has 2 N–H and O–H groups in total. The van der Waals surface area contributed by atoms with Crippen molar-refractivity contribution in [1.29, 1.82) is 0 Å². The SMILES string of the molecule is CC(C)CCOC(=O)c1cccc(N)c1. The normalized spacial score (nSPS) is 10.3. The van der Waals surface area contributed by atoms with Gasteiger partial charge in [-0.05, 0) is 30.5 Å². The third kappa shape index (κ3) is 4.02. The van der Waals surface area contributed by atoms with Crippen LogP contribution in [0.3, 0.4) is 0 Å². The maximum atomic E-state index is 11.5. The Hall–Kier alpha value is -1.51. The molecule has 0 aromatic heterocycles. The number of nitrogen functional groups attached to an aromatic ring is 1. The van der Waals surface area contributed by atoms with Crippen LogP contribution in [0.15, 0.2) is 24.3 Å². The van der Waals surface area contributed by atoms with Gasteiger partial charge in [0.05, 0.1) is 12.2 Å². The van der Waals surface area contributed by atoms with Gasteiger partial charge in [-0.15, -0.1) is 0 Å². The van der Waals surface area contributed by atoms with Crippen LogP contribution < -0.4 is 5.73 Å². The summed E-state index contributed by atoms with van der Waals surface area (Å²) in [4.78, 5) is 11.5. The first kappa shape index (κ1) is 11.6. The summed E-state index contributed by atoms with van der Waals surface area (Å²) >= 11 is 0. The predicted molar refractivity (Wildman–Crippen MR) is 60.6 cm³/mol. The largest absolute Gasteiger partial charge is 0.462 e. The van der Waals surface area contributed by atoms with E-state index in [0.717, 1.165) is 6.42 Å². The van der Waals surface area contributed by atoms with E-state index in [4.69, 9.17) is 10.5 Å². The van der Waals surface area contributed by atoms with Gasteiger partial charge in [-0.25, -0.2) is 4.79 Å². The Bertz CT molecular complexity index is 334. The molecule has 0 unspecified atom stereocenters. The molecule has 0 heterocycles. The van der Waals surface area contributed by atoms with Crippen molar-refractivity contribution >= 4 is 11.7 Å². The highest BCUT2D eigenvalue weighted by Crippen LogP contribution is 2.08. The number of benzene rings is 1. The first-order chi connectivity index (χ1) is 7.09. The van der Waals surface area contributed by atoms with Crippen LogP contribution in [-0.4, -0.2) is 12.6 Å². The van der Waals surface area contributed by atoms with Gasteiger partial charge < -0.3 is 10.5 Å². The molecule has 1 aromatic rings. The Kier molecular flexibility index (Phi) is 4.16. The zero-order valence-electron chi connectivity index (χ0n) is 9.19. The van der Waals surface area contributed by atoms with Gasteiger partial charge in [0.2, 0.25) is 0 Å². The van der Waals surface area contributed by atoms with Crippen LogP contribution in [0.1, 0.15) is 30.6 Å². The van der Waals surface area contributed by atoms with Gasteiger partial charge in [0.1, 0.15) is 0 Å². The average molecular weight is 207 g/mol. The van der Waals surface area contributed by atoms with E-state index in [1.807, 2.05) is 0 Å². The van der Waals surface area contributed by atoms with Crippen molar-refractivity contribution in [2.24, 2.45) is 5.92 Å². The number of ether oxygens (including phenoxy) is 1. The summed E-state index contributed by atoms with van der Waals surface area (Å²) in [5, 5.41) is 0. The average Bonchev–Trinajstić information content (AvgIpc) is 2.17. The summed E-state index contributed by atoms with van der Waals surface area (Å²) in [6, 6.07) is 6.81. The molecule has 0 saturated heterocycles. The molecule has 0 saturated carbocycles. The van der Waals surface area contributed by atoms with Gasteiger partial charge in [0.25, 0.3) is 0 Å². The molecule has 0 atom stereocenters. The fourth-order valence-electron chi connectivity index (χ4n) is 1.14. The van der Waals surface area contributed by atoms with Crippen molar-refractivity contribution in [2.45, 2.75) is 20.3 Å². The van der Waals surface area contributed by atoms with Gasteiger partial charge in [-0.2, -0.15) is 0 Å². The zero-order chi connectivity index (χ0) is 11.3.